The fourth-order valence-electron chi connectivity index (χ4n) is 2.45. The first-order valence-corrected chi connectivity index (χ1v) is 7.86. The van der Waals surface area contributed by atoms with E-state index in [9.17, 15) is 4.39 Å². The Bertz CT molecular complexity index is 469. The number of nitrogens with two attached hydrogens (primary N) is 1. The van der Waals surface area contributed by atoms with Crippen LogP contribution >= 0.6 is 28.1 Å². The number of rotatable bonds is 4. The van der Waals surface area contributed by atoms with Crippen LogP contribution < -0.4 is 5.73 Å². The number of thiocarbonyl (C=S) groups is 1. The lowest BCUT2D eigenvalue weighted by Gasteiger charge is -2.37. The highest BCUT2D eigenvalue weighted by Crippen LogP contribution is 2.17. The average Bonchev–Trinajstić information content (AvgIpc) is 2.37. The molecule has 1 aromatic carbocycles. The first-order valence-electron chi connectivity index (χ1n) is 6.66. The maximum atomic E-state index is 13.4. The Hall–Kier alpha value is -0.560. The molecule has 1 aliphatic rings. The fourth-order valence-corrected chi connectivity index (χ4v) is 3.11. The molecule has 110 valence electrons. The number of nitrogens with zero attached hydrogens (tertiary/aromatic N) is 2. The van der Waals surface area contributed by atoms with E-state index in [0.29, 0.717) is 4.99 Å². The van der Waals surface area contributed by atoms with Gasteiger partial charge in [-0.3, -0.25) is 9.80 Å². The molecule has 1 unspecified atom stereocenters. The van der Waals surface area contributed by atoms with Crippen LogP contribution in [-0.2, 0) is 6.54 Å². The van der Waals surface area contributed by atoms with Crippen LogP contribution in [0.4, 0.5) is 4.39 Å². The van der Waals surface area contributed by atoms with Crippen molar-refractivity contribution < 1.29 is 4.39 Å². The highest BCUT2D eigenvalue weighted by molar-refractivity contribution is 9.10. The van der Waals surface area contributed by atoms with Crippen molar-refractivity contribution in [3.05, 3.63) is 34.1 Å². The van der Waals surface area contributed by atoms with Crippen molar-refractivity contribution in [1.82, 2.24) is 9.80 Å². The van der Waals surface area contributed by atoms with Crippen molar-refractivity contribution >= 4 is 33.1 Å². The Morgan fingerprint density at radius 2 is 2.00 bits per heavy atom. The maximum Gasteiger partial charge on any atom is 0.124 e. The number of halogens is 2. The Balaban J connectivity index is 1.89. The summed E-state index contributed by atoms with van der Waals surface area (Å²) in [6.07, 6.45) is 0. The summed E-state index contributed by atoms with van der Waals surface area (Å²) in [5.74, 6) is -0.199. The van der Waals surface area contributed by atoms with Gasteiger partial charge in [0, 0.05) is 37.2 Å². The molecule has 0 amide bonds. The largest absolute Gasteiger partial charge is 0.392 e. The molecule has 6 heteroatoms. The van der Waals surface area contributed by atoms with Crippen molar-refractivity contribution in [2.24, 2.45) is 5.73 Å². The Kier molecular flexibility index (Phi) is 5.49. The zero-order valence-electron chi connectivity index (χ0n) is 11.5. The highest BCUT2D eigenvalue weighted by Gasteiger charge is 2.22. The second kappa shape index (κ2) is 6.93. The van der Waals surface area contributed by atoms with Gasteiger partial charge in [0.25, 0.3) is 0 Å². The number of hydrogen-bond donors (Lipinski definition) is 1. The molecule has 1 heterocycles. The summed E-state index contributed by atoms with van der Waals surface area (Å²) in [4.78, 5) is 5.16. The van der Waals surface area contributed by atoms with Crippen molar-refractivity contribution in [2.45, 2.75) is 19.5 Å². The molecule has 0 aliphatic carbocycles. The molecule has 0 bridgehead atoms. The third-order valence-corrected chi connectivity index (χ3v) is 4.49. The van der Waals surface area contributed by atoms with Crippen LogP contribution in [0.3, 0.4) is 0 Å². The van der Waals surface area contributed by atoms with E-state index in [0.717, 1.165) is 42.8 Å². The predicted molar refractivity (Wildman–Crippen MR) is 87.2 cm³/mol. The minimum atomic E-state index is -0.199. The van der Waals surface area contributed by atoms with Gasteiger partial charge in [-0.05, 0) is 30.7 Å². The van der Waals surface area contributed by atoms with E-state index in [4.69, 9.17) is 18.0 Å². The summed E-state index contributed by atoms with van der Waals surface area (Å²) in [6.45, 7) is 6.58. The summed E-state index contributed by atoms with van der Waals surface area (Å²) in [7, 11) is 0. The first kappa shape index (κ1) is 15.8. The number of benzene rings is 1. The van der Waals surface area contributed by atoms with Crippen molar-refractivity contribution in [3.63, 3.8) is 0 Å². The summed E-state index contributed by atoms with van der Waals surface area (Å²) in [5.41, 5.74) is 6.68. The molecular weight excluding hydrogens is 341 g/mol. The van der Waals surface area contributed by atoms with Gasteiger partial charge in [0.05, 0.1) is 11.0 Å². The second-order valence-electron chi connectivity index (χ2n) is 5.17. The molecule has 0 spiro atoms. The van der Waals surface area contributed by atoms with Crippen LogP contribution in [0.15, 0.2) is 22.7 Å². The molecular formula is C14H19BrFN3S. The van der Waals surface area contributed by atoms with E-state index in [-0.39, 0.29) is 11.9 Å². The van der Waals surface area contributed by atoms with Crippen LogP contribution in [0.1, 0.15) is 12.5 Å². The van der Waals surface area contributed by atoms with Gasteiger partial charge in [-0.1, -0.05) is 28.1 Å². The van der Waals surface area contributed by atoms with Crippen LogP contribution in [-0.4, -0.2) is 47.0 Å². The summed E-state index contributed by atoms with van der Waals surface area (Å²) >= 11 is 8.37. The third kappa shape index (κ3) is 4.22. The van der Waals surface area contributed by atoms with Gasteiger partial charge in [-0.2, -0.15) is 0 Å². The molecule has 0 radical (unpaired) electrons. The van der Waals surface area contributed by atoms with Crippen molar-refractivity contribution in [3.8, 4) is 0 Å². The highest BCUT2D eigenvalue weighted by atomic mass is 79.9. The van der Waals surface area contributed by atoms with Gasteiger partial charge in [-0.15, -0.1) is 0 Å². The van der Waals surface area contributed by atoms with Gasteiger partial charge in [0.1, 0.15) is 5.82 Å². The van der Waals surface area contributed by atoms with E-state index < -0.39 is 0 Å². The number of hydrogen-bond acceptors (Lipinski definition) is 3. The van der Waals surface area contributed by atoms with Crippen molar-refractivity contribution in [1.29, 1.82) is 0 Å². The average molecular weight is 360 g/mol. The normalized spacial score (nSPS) is 18.9. The van der Waals surface area contributed by atoms with Crippen LogP contribution in [0, 0.1) is 5.82 Å². The maximum absolute atomic E-state index is 13.4. The molecule has 1 atom stereocenters. The van der Waals surface area contributed by atoms with Crippen LogP contribution in [0.2, 0.25) is 0 Å². The standard InChI is InChI=1S/C14H19BrFN3S/c1-10(14(17)20)19-4-2-18(3-5-19)9-11-6-12(15)8-13(16)7-11/h6-8,10H,2-5,9H2,1H3,(H2,17,20). The second-order valence-corrected chi connectivity index (χ2v) is 6.56. The van der Waals surface area contributed by atoms with Crippen LogP contribution in [0.5, 0.6) is 0 Å². The molecule has 0 aromatic heterocycles. The van der Waals surface area contributed by atoms with E-state index in [2.05, 4.69) is 25.7 Å². The molecule has 0 saturated carbocycles. The van der Waals surface area contributed by atoms with Gasteiger partial charge in [0.15, 0.2) is 0 Å². The van der Waals surface area contributed by atoms with E-state index >= 15 is 0 Å². The summed E-state index contributed by atoms with van der Waals surface area (Å²) in [5, 5.41) is 0. The third-order valence-electron chi connectivity index (χ3n) is 3.69. The minimum absolute atomic E-state index is 0.149. The molecule has 3 nitrogen and oxygen atoms in total. The molecule has 1 fully saturated rings. The van der Waals surface area contributed by atoms with Gasteiger partial charge < -0.3 is 5.73 Å². The molecule has 1 aromatic rings. The SMILES string of the molecule is CC(C(N)=S)N1CCN(Cc2cc(F)cc(Br)c2)CC1. The summed E-state index contributed by atoms with van der Waals surface area (Å²) in [6, 6.07) is 5.18. The van der Waals surface area contributed by atoms with Gasteiger partial charge in [0.2, 0.25) is 0 Å². The Labute approximate surface area is 133 Å². The lowest BCUT2D eigenvalue weighted by molar-refractivity contribution is 0.118. The lowest BCUT2D eigenvalue weighted by Crippen LogP contribution is -2.52. The summed E-state index contributed by atoms with van der Waals surface area (Å²) < 4.78 is 14.1. The zero-order valence-corrected chi connectivity index (χ0v) is 13.9. The minimum Gasteiger partial charge on any atom is -0.392 e. The van der Waals surface area contributed by atoms with E-state index in [1.165, 1.54) is 6.07 Å². The zero-order chi connectivity index (χ0) is 14.7. The predicted octanol–water partition coefficient (Wildman–Crippen LogP) is 2.38. The molecule has 20 heavy (non-hydrogen) atoms. The molecule has 2 rings (SSSR count). The topological polar surface area (TPSA) is 32.5 Å². The Morgan fingerprint density at radius 3 is 2.55 bits per heavy atom. The van der Waals surface area contributed by atoms with Crippen LogP contribution in [0.25, 0.3) is 0 Å². The van der Waals surface area contributed by atoms with E-state index in [1.807, 2.05) is 13.0 Å². The fraction of sp³-hybridized carbons (Fsp3) is 0.500. The molecule has 1 aliphatic heterocycles. The first-order chi connectivity index (χ1) is 9.45. The van der Waals surface area contributed by atoms with Crippen molar-refractivity contribution in [2.75, 3.05) is 26.2 Å². The molecule has 2 N–H and O–H groups in total. The number of piperazine rings is 1. The smallest absolute Gasteiger partial charge is 0.124 e. The van der Waals surface area contributed by atoms with E-state index in [1.54, 1.807) is 6.07 Å². The Morgan fingerprint density at radius 1 is 1.35 bits per heavy atom. The molecule has 1 saturated heterocycles. The van der Waals surface area contributed by atoms with Gasteiger partial charge in [-0.25, -0.2) is 4.39 Å². The van der Waals surface area contributed by atoms with Gasteiger partial charge >= 0.3 is 0 Å². The quantitative estimate of drug-likeness (QED) is 0.836. The monoisotopic (exact) mass is 359 g/mol. The lowest BCUT2D eigenvalue weighted by atomic mass is 10.1.